The van der Waals surface area contributed by atoms with E-state index in [2.05, 4.69) is 0 Å². The Labute approximate surface area is 126 Å². The molecule has 0 bridgehead atoms. The second kappa shape index (κ2) is 4.57. The van der Waals surface area contributed by atoms with E-state index in [-0.39, 0.29) is 12.5 Å². The fourth-order valence-electron chi connectivity index (χ4n) is 2.61. The average molecular weight is 299 g/mol. The van der Waals surface area contributed by atoms with Crippen LogP contribution in [0.25, 0.3) is 21.9 Å². The highest BCUT2D eigenvalue weighted by Gasteiger charge is 2.16. The van der Waals surface area contributed by atoms with Crippen molar-refractivity contribution < 1.29 is 14.6 Å². The second-order valence-electron chi connectivity index (χ2n) is 4.93. The van der Waals surface area contributed by atoms with Crippen LogP contribution in [0, 0.1) is 0 Å². The Morgan fingerprint density at radius 2 is 1.62 bits per heavy atom. The molecule has 0 saturated heterocycles. The van der Waals surface area contributed by atoms with E-state index < -0.39 is 0 Å². The van der Waals surface area contributed by atoms with Crippen molar-refractivity contribution >= 4 is 22.4 Å². The highest BCUT2D eigenvalue weighted by molar-refractivity contribution is 6.30. The van der Waals surface area contributed by atoms with Crippen molar-refractivity contribution in [2.24, 2.45) is 0 Å². The molecule has 4 rings (SSSR count). The van der Waals surface area contributed by atoms with E-state index in [0.29, 0.717) is 10.8 Å². The maximum absolute atomic E-state index is 9.98. The van der Waals surface area contributed by atoms with Crippen LogP contribution < -0.4 is 9.47 Å². The van der Waals surface area contributed by atoms with Crippen LogP contribution in [0.5, 0.6) is 17.2 Å². The van der Waals surface area contributed by atoms with Crippen LogP contribution in [0.3, 0.4) is 0 Å². The molecule has 3 nitrogen and oxygen atoms in total. The Morgan fingerprint density at radius 3 is 2.38 bits per heavy atom. The summed E-state index contributed by atoms with van der Waals surface area (Å²) >= 11 is 5.94. The van der Waals surface area contributed by atoms with Crippen LogP contribution in [0.2, 0.25) is 5.02 Å². The van der Waals surface area contributed by atoms with Gasteiger partial charge in [0.05, 0.1) is 0 Å². The molecule has 0 aliphatic carbocycles. The number of hydrogen-bond acceptors (Lipinski definition) is 3. The standard InChI is InChI=1S/C17H11ClO3/c18-12-3-1-10(2-4-12)14-7-13(19)5-11-6-16-17(8-15(11)14)21-9-20-16/h1-8,19H,9H2. The van der Waals surface area contributed by atoms with Gasteiger partial charge in [0.2, 0.25) is 6.79 Å². The van der Waals surface area contributed by atoms with Crippen molar-refractivity contribution in [3.63, 3.8) is 0 Å². The van der Waals surface area contributed by atoms with Gasteiger partial charge in [-0.15, -0.1) is 0 Å². The summed E-state index contributed by atoms with van der Waals surface area (Å²) in [6.45, 7) is 0.230. The van der Waals surface area contributed by atoms with Gasteiger partial charge in [0.25, 0.3) is 0 Å². The van der Waals surface area contributed by atoms with Gasteiger partial charge in [0.1, 0.15) is 5.75 Å². The summed E-state index contributed by atoms with van der Waals surface area (Å²) in [5.74, 6) is 1.64. The third-order valence-electron chi connectivity index (χ3n) is 3.59. The van der Waals surface area contributed by atoms with Crippen LogP contribution in [-0.4, -0.2) is 11.9 Å². The zero-order valence-corrected chi connectivity index (χ0v) is 11.7. The van der Waals surface area contributed by atoms with E-state index in [0.717, 1.165) is 27.6 Å². The molecular weight excluding hydrogens is 288 g/mol. The summed E-state index contributed by atoms with van der Waals surface area (Å²) in [5.41, 5.74) is 1.92. The Hall–Kier alpha value is -2.39. The number of phenols is 1. The van der Waals surface area contributed by atoms with Crippen molar-refractivity contribution in [2.45, 2.75) is 0 Å². The van der Waals surface area contributed by atoms with Gasteiger partial charge >= 0.3 is 0 Å². The molecule has 0 amide bonds. The zero-order valence-electron chi connectivity index (χ0n) is 11.0. The summed E-state index contributed by atoms with van der Waals surface area (Å²) in [6.07, 6.45) is 0. The molecule has 0 aromatic heterocycles. The molecule has 1 heterocycles. The molecule has 1 aliphatic heterocycles. The number of hydrogen-bond donors (Lipinski definition) is 1. The second-order valence-corrected chi connectivity index (χ2v) is 5.36. The molecule has 21 heavy (non-hydrogen) atoms. The Morgan fingerprint density at radius 1 is 0.905 bits per heavy atom. The first-order chi connectivity index (χ1) is 10.2. The van der Waals surface area contributed by atoms with Crippen molar-refractivity contribution in [1.82, 2.24) is 0 Å². The summed E-state index contributed by atoms with van der Waals surface area (Å²) in [7, 11) is 0. The van der Waals surface area contributed by atoms with E-state index in [1.165, 1.54) is 0 Å². The molecule has 0 saturated carbocycles. The predicted octanol–water partition coefficient (Wildman–Crippen LogP) is 4.59. The molecule has 1 aliphatic rings. The van der Waals surface area contributed by atoms with Crippen LogP contribution in [0.1, 0.15) is 0 Å². The number of phenolic OH excluding ortho intramolecular Hbond substituents is 1. The fourth-order valence-corrected chi connectivity index (χ4v) is 2.73. The number of halogens is 1. The van der Waals surface area contributed by atoms with Gasteiger partial charge < -0.3 is 14.6 Å². The molecule has 3 aromatic rings. The van der Waals surface area contributed by atoms with Gasteiger partial charge in [-0.2, -0.15) is 0 Å². The molecule has 0 atom stereocenters. The number of rotatable bonds is 1. The lowest BCUT2D eigenvalue weighted by atomic mass is 9.97. The van der Waals surface area contributed by atoms with Crippen molar-refractivity contribution in [3.8, 4) is 28.4 Å². The fraction of sp³-hybridized carbons (Fsp3) is 0.0588. The lowest BCUT2D eigenvalue weighted by Crippen LogP contribution is -1.92. The molecule has 4 heteroatoms. The minimum Gasteiger partial charge on any atom is -0.508 e. The molecule has 0 spiro atoms. The Bertz CT molecular complexity index is 841. The normalized spacial score (nSPS) is 12.8. The number of benzene rings is 3. The van der Waals surface area contributed by atoms with Crippen LogP contribution >= 0.6 is 11.6 Å². The lowest BCUT2D eigenvalue weighted by molar-refractivity contribution is 0.174. The van der Waals surface area contributed by atoms with E-state index >= 15 is 0 Å². The van der Waals surface area contributed by atoms with Crippen molar-refractivity contribution in [1.29, 1.82) is 0 Å². The van der Waals surface area contributed by atoms with Crippen molar-refractivity contribution in [3.05, 3.63) is 53.6 Å². The first-order valence-corrected chi connectivity index (χ1v) is 6.91. The summed E-state index contributed by atoms with van der Waals surface area (Å²) < 4.78 is 10.8. The molecule has 0 unspecified atom stereocenters. The largest absolute Gasteiger partial charge is 0.508 e. The van der Waals surface area contributed by atoms with Gasteiger partial charge in [0.15, 0.2) is 11.5 Å². The predicted molar refractivity (Wildman–Crippen MR) is 82.2 cm³/mol. The molecule has 3 aromatic carbocycles. The summed E-state index contributed by atoms with van der Waals surface area (Å²) in [6, 6.07) is 14.8. The Kier molecular flexibility index (Phi) is 2.69. The van der Waals surface area contributed by atoms with Gasteiger partial charge in [-0.3, -0.25) is 0 Å². The molecular formula is C17H11ClO3. The van der Waals surface area contributed by atoms with Gasteiger partial charge in [0, 0.05) is 5.02 Å². The van der Waals surface area contributed by atoms with Gasteiger partial charge in [-0.05, 0) is 58.3 Å². The summed E-state index contributed by atoms with van der Waals surface area (Å²) in [4.78, 5) is 0. The molecule has 0 radical (unpaired) electrons. The van der Waals surface area contributed by atoms with Crippen molar-refractivity contribution in [2.75, 3.05) is 6.79 Å². The molecule has 1 N–H and O–H groups in total. The van der Waals surface area contributed by atoms with Crippen LogP contribution in [0.4, 0.5) is 0 Å². The minimum atomic E-state index is 0.214. The average Bonchev–Trinajstić information content (AvgIpc) is 2.92. The maximum atomic E-state index is 9.98. The van der Waals surface area contributed by atoms with E-state index in [1.807, 2.05) is 36.4 Å². The topological polar surface area (TPSA) is 38.7 Å². The SMILES string of the molecule is Oc1cc(-c2ccc(Cl)cc2)c2cc3c(cc2c1)OCO3. The molecule has 0 fully saturated rings. The van der Waals surface area contributed by atoms with Crippen LogP contribution in [-0.2, 0) is 0 Å². The quantitative estimate of drug-likeness (QED) is 0.714. The van der Waals surface area contributed by atoms with Gasteiger partial charge in [-0.25, -0.2) is 0 Å². The van der Waals surface area contributed by atoms with E-state index in [4.69, 9.17) is 21.1 Å². The summed E-state index contributed by atoms with van der Waals surface area (Å²) in [5, 5.41) is 12.6. The zero-order chi connectivity index (χ0) is 14.4. The van der Waals surface area contributed by atoms with E-state index in [1.54, 1.807) is 12.1 Å². The third kappa shape index (κ3) is 2.06. The smallest absolute Gasteiger partial charge is 0.231 e. The maximum Gasteiger partial charge on any atom is 0.231 e. The third-order valence-corrected chi connectivity index (χ3v) is 3.84. The first kappa shape index (κ1) is 12.4. The van der Waals surface area contributed by atoms with E-state index in [9.17, 15) is 5.11 Å². The highest BCUT2D eigenvalue weighted by atomic mass is 35.5. The molecule has 104 valence electrons. The first-order valence-electron chi connectivity index (χ1n) is 6.53. The van der Waals surface area contributed by atoms with Gasteiger partial charge in [-0.1, -0.05) is 23.7 Å². The highest BCUT2D eigenvalue weighted by Crippen LogP contribution is 2.41. The van der Waals surface area contributed by atoms with Crippen LogP contribution in [0.15, 0.2) is 48.5 Å². The monoisotopic (exact) mass is 298 g/mol. The lowest BCUT2D eigenvalue weighted by Gasteiger charge is -2.09. The number of aromatic hydroxyl groups is 1. The number of fused-ring (bicyclic) bond motifs is 2. The Balaban J connectivity index is 2.01. The minimum absolute atomic E-state index is 0.214. The number of ether oxygens (including phenoxy) is 2.